The van der Waals surface area contributed by atoms with Crippen LogP contribution < -0.4 is 5.32 Å². The maximum Gasteiger partial charge on any atom is 0.255 e. The summed E-state index contributed by atoms with van der Waals surface area (Å²) in [7, 11) is 0. The number of aromatic nitrogens is 1. The zero-order valence-electron chi connectivity index (χ0n) is 11.3. The van der Waals surface area contributed by atoms with Crippen molar-refractivity contribution in [3.8, 4) is 5.75 Å². The highest BCUT2D eigenvalue weighted by molar-refractivity contribution is 5.96. The number of nitrogens with zero attached hydrogens (tertiary/aromatic N) is 1. The van der Waals surface area contributed by atoms with Gasteiger partial charge in [0.2, 0.25) is 0 Å². The van der Waals surface area contributed by atoms with Crippen molar-refractivity contribution < 1.29 is 9.90 Å². The standard InChI is InChI=1S/C17H14N2O2/c20-15-9-2-1-8-14(15)17(21)19-11-13-6-3-5-12-7-4-10-18-16(12)13/h1-10,20H,11H2,(H,19,21). The number of benzene rings is 2. The molecule has 1 aromatic heterocycles. The summed E-state index contributed by atoms with van der Waals surface area (Å²) >= 11 is 0. The molecular weight excluding hydrogens is 264 g/mol. The van der Waals surface area contributed by atoms with Crippen LogP contribution in [0, 0.1) is 0 Å². The third-order valence-corrected chi connectivity index (χ3v) is 3.30. The maximum atomic E-state index is 12.1. The third kappa shape index (κ3) is 2.69. The Hall–Kier alpha value is -2.88. The number of para-hydroxylation sites is 2. The number of phenolic OH excluding ortho intramolecular Hbond substituents is 1. The number of phenols is 1. The van der Waals surface area contributed by atoms with E-state index >= 15 is 0 Å². The first-order valence-corrected chi connectivity index (χ1v) is 6.64. The van der Waals surface area contributed by atoms with E-state index in [4.69, 9.17) is 0 Å². The molecule has 2 N–H and O–H groups in total. The summed E-state index contributed by atoms with van der Waals surface area (Å²) in [5.74, 6) is -0.327. The van der Waals surface area contributed by atoms with Crippen LogP contribution in [0.5, 0.6) is 5.75 Å². The summed E-state index contributed by atoms with van der Waals surface area (Å²) in [6.45, 7) is 0.363. The van der Waals surface area contributed by atoms with Crippen LogP contribution in [0.2, 0.25) is 0 Å². The molecule has 0 aliphatic carbocycles. The monoisotopic (exact) mass is 278 g/mol. The van der Waals surface area contributed by atoms with E-state index < -0.39 is 0 Å². The molecule has 4 heteroatoms. The fourth-order valence-corrected chi connectivity index (χ4v) is 2.25. The van der Waals surface area contributed by atoms with Gasteiger partial charge in [0.15, 0.2) is 0 Å². The number of hydrogen-bond donors (Lipinski definition) is 2. The maximum absolute atomic E-state index is 12.1. The van der Waals surface area contributed by atoms with Gasteiger partial charge in [0, 0.05) is 18.1 Å². The van der Waals surface area contributed by atoms with Gasteiger partial charge in [0.05, 0.1) is 11.1 Å². The average molecular weight is 278 g/mol. The molecular formula is C17H14N2O2. The first-order valence-electron chi connectivity index (χ1n) is 6.64. The van der Waals surface area contributed by atoms with Gasteiger partial charge in [-0.25, -0.2) is 0 Å². The number of fused-ring (bicyclic) bond motifs is 1. The quantitative estimate of drug-likeness (QED) is 0.774. The van der Waals surface area contributed by atoms with Crippen LogP contribution in [0.1, 0.15) is 15.9 Å². The SMILES string of the molecule is O=C(NCc1cccc2cccnc12)c1ccccc1O. The van der Waals surface area contributed by atoms with Crippen LogP contribution in [0.4, 0.5) is 0 Å². The lowest BCUT2D eigenvalue weighted by Crippen LogP contribution is -2.23. The van der Waals surface area contributed by atoms with E-state index in [-0.39, 0.29) is 17.2 Å². The number of aromatic hydroxyl groups is 1. The fraction of sp³-hybridized carbons (Fsp3) is 0.0588. The topological polar surface area (TPSA) is 62.2 Å². The Morgan fingerprint density at radius 3 is 2.71 bits per heavy atom. The third-order valence-electron chi connectivity index (χ3n) is 3.30. The highest BCUT2D eigenvalue weighted by Crippen LogP contribution is 2.17. The Bertz CT molecular complexity index is 794. The van der Waals surface area contributed by atoms with Crippen LogP contribution in [0.3, 0.4) is 0 Å². The van der Waals surface area contributed by atoms with Gasteiger partial charge in [-0.15, -0.1) is 0 Å². The zero-order valence-corrected chi connectivity index (χ0v) is 11.3. The van der Waals surface area contributed by atoms with Crippen molar-refractivity contribution in [3.63, 3.8) is 0 Å². The molecule has 0 aliphatic rings. The smallest absolute Gasteiger partial charge is 0.255 e. The molecule has 3 aromatic rings. The summed E-state index contributed by atoms with van der Waals surface area (Å²) in [5.41, 5.74) is 2.08. The highest BCUT2D eigenvalue weighted by Gasteiger charge is 2.10. The lowest BCUT2D eigenvalue weighted by atomic mass is 10.1. The van der Waals surface area contributed by atoms with Gasteiger partial charge in [-0.3, -0.25) is 9.78 Å². The Morgan fingerprint density at radius 1 is 1.05 bits per heavy atom. The first kappa shape index (κ1) is 13.1. The summed E-state index contributed by atoms with van der Waals surface area (Å²) in [4.78, 5) is 16.4. The minimum atomic E-state index is -0.305. The second-order valence-corrected chi connectivity index (χ2v) is 4.69. The largest absolute Gasteiger partial charge is 0.507 e. The molecule has 0 radical (unpaired) electrons. The summed E-state index contributed by atoms with van der Waals surface area (Å²) < 4.78 is 0. The second-order valence-electron chi connectivity index (χ2n) is 4.69. The fourth-order valence-electron chi connectivity index (χ4n) is 2.25. The molecule has 0 atom stereocenters. The Morgan fingerprint density at radius 2 is 1.86 bits per heavy atom. The number of pyridine rings is 1. The molecule has 3 rings (SSSR count). The first-order chi connectivity index (χ1) is 10.3. The molecule has 0 bridgehead atoms. The lowest BCUT2D eigenvalue weighted by molar-refractivity contribution is 0.0948. The predicted molar refractivity (Wildman–Crippen MR) is 81.0 cm³/mol. The molecule has 1 heterocycles. The van der Waals surface area contributed by atoms with Crippen LogP contribution in [-0.2, 0) is 6.54 Å². The molecule has 0 fully saturated rings. The van der Waals surface area contributed by atoms with Gasteiger partial charge in [0.1, 0.15) is 5.75 Å². The minimum Gasteiger partial charge on any atom is -0.507 e. The van der Waals surface area contributed by atoms with Gasteiger partial charge in [-0.1, -0.05) is 36.4 Å². The minimum absolute atomic E-state index is 0.0222. The molecule has 2 aromatic carbocycles. The van der Waals surface area contributed by atoms with Gasteiger partial charge in [-0.2, -0.15) is 0 Å². The van der Waals surface area contributed by atoms with Gasteiger partial charge in [-0.05, 0) is 23.8 Å². The second kappa shape index (κ2) is 5.63. The van der Waals surface area contributed by atoms with E-state index in [2.05, 4.69) is 10.3 Å². The van der Waals surface area contributed by atoms with Crippen LogP contribution in [-0.4, -0.2) is 16.0 Å². The molecule has 104 valence electrons. The molecule has 21 heavy (non-hydrogen) atoms. The summed E-state index contributed by atoms with van der Waals surface area (Å²) in [6, 6.07) is 16.2. The van der Waals surface area contributed by atoms with E-state index in [1.165, 1.54) is 6.07 Å². The number of carbonyl (C=O) groups excluding carboxylic acids is 1. The zero-order chi connectivity index (χ0) is 14.7. The molecule has 4 nitrogen and oxygen atoms in total. The summed E-state index contributed by atoms with van der Waals surface area (Å²) in [6.07, 6.45) is 1.73. The normalized spacial score (nSPS) is 10.5. The number of hydrogen-bond acceptors (Lipinski definition) is 3. The van der Waals surface area contributed by atoms with Gasteiger partial charge in [0.25, 0.3) is 5.91 Å². The Balaban J connectivity index is 1.81. The molecule has 0 saturated carbocycles. The average Bonchev–Trinajstić information content (AvgIpc) is 2.53. The number of carbonyl (C=O) groups is 1. The lowest BCUT2D eigenvalue weighted by Gasteiger charge is -2.08. The van der Waals surface area contributed by atoms with Crippen molar-refractivity contribution in [2.45, 2.75) is 6.54 Å². The Labute approximate surface area is 122 Å². The molecule has 0 unspecified atom stereocenters. The molecule has 0 spiro atoms. The van der Waals surface area contributed by atoms with Crippen molar-refractivity contribution in [2.75, 3.05) is 0 Å². The molecule has 1 amide bonds. The molecule has 0 aliphatic heterocycles. The van der Waals surface area contributed by atoms with E-state index in [1.807, 2.05) is 30.3 Å². The van der Waals surface area contributed by atoms with Crippen molar-refractivity contribution in [1.82, 2.24) is 10.3 Å². The van der Waals surface area contributed by atoms with Gasteiger partial charge >= 0.3 is 0 Å². The van der Waals surface area contributed by atoms with E-state index in [0.717, 1.165) is 16.5 Å². The van der Waals surface area contributed by atoms with E-state index in [0.29, 0.717) is 6.54 Å². The Kier molecular flexibility index (Phi) is 3.51. The molecule has 0 saturated heterocycles. The van der Waals surface area contributed by atoms with Crippen LogP contribution in [0.15, 0.2) is 60.8 Å². The highest BCUT2D eigenvalue weighted by atomic mass is 16.3. The van der Waals surface area contributed by atoms with Crippen molar-refractivity contribution >= 4 is 16.8 Å². The number of amides is 1. The van der Waals surface area contributed by atoms with Crippen molar-refractivity contribution in [1.29, 1.82) is 0 Å². The van der Waals surface area contributed by atoms with Crippen molar-refractivity contribution in [2.24, 2.45) is 0 Å². The van der Waals surface area contributed by atoms with Crippen LogP contribution >= 0.6 is 0 Å². The van der Waals surface area contributed by atoms with Crippen LogP contribution in [0.25, 0.3) is 10.9 Å². The van der Waals surface area contributed by atoms with Crippen molar-refractivity contribution in [3.05, 3.63) is 71.9 Å². The summed E-state index contributed by atoms with van der Waals surface area (Å²) in [5, 5.41) is 13.5. The number of nitrogens with one attached hydrogen (secondary N) is 1. The number of rotatable bonds is 3. The van der Waals surface area contributed by atoms with E-state index in [9.17, 15) is 9.90 Å². The van der Waals surface area contributed by atoms with Gasteiger partial charge < -0.3 is 10.4 Å². The van der Waals surface area contributed by atoms with E-state index in [1.54, 1.807) is 24.4 Å². The predicted octanol–water partition coefficient (Wildman–Crippen LogP) is 2.87.